The Balaban J connectivity index is 3.29. The van der Waals surface area contributed by atoms with E-state index in [-0.39, 0.29) is 18.5 Å². The molecule has 2 atom stereocenters. The molecule has 0 aliphatic rings. The Hall–Kier alpha value is -1.66. The molecule has 1 amide bonds. The molecule has 534 valence electrons. The molecule has 2 unspecified atom stereocenters. The van der Waals surface area contributed by atoms with Crippen LogP contribution in [0.3, 0.4) is 0 Å². The van der Waals surface area contributed by atoms with Gasteiger partial charge in [-0.05, 0) is 57.8 Å². The van der Waals surface area contributed by atoms with Gasteiger partial charge in [-0.3, -0.25) is 9.59 Å². The SMILES string of the molecule is CCCCC/C=C\C/C=C\CCCCCCCC(=O)OCCCCCCCCCCCCCCCCCCCCCCCCCCCCCCCCCCCCCCCCCC(=O)NC(CO)C(O)CCCCCCCCCCCCCCCCCCCCC. The Bertz CT molecular complexity index is 1410. The van der Waals surface area contributed by atoms with Crippen molar-refractivity contribution in [3.63, 3.8) is 0 Å². The van der Waals surface area contributed by atoms with Crippen LogP contribution in [0.1, 0.15) is 476 Å². The number of hydrogen-bond donors (Lipinski definition) is 3. The smallest absolute Gasteiger partial charge is 0.305 e. The number of nitrogens with one attached hydrogen (secondary N) is 1. The summed E-state index contributed by atoms with van der Waals surface area (Å²) >= 11 is 0. The number of unbranched alkanes of at least 4 members (excludes halogenated alkanes) is 64. The van der Waals surface area contributed by atoms with Crippen molar-refractivity contribution in [3.8, 4) is 0 Å². The molecule has 0 aliphatic carbocycles. The molecule has 6 heteroatoms. The van der Waals surface area contributed by atoms with E-state index in [1.165, 1.54) is 392 Å². The predicted octanol–water partition coefficient (Wildman–Crippen LogP) is 27.6. The van der Waals surface area contributed by atoms with E-state index < -0.39 is 12.1 Å². The lowest BCUT2D eigenvalue weighted by Gasteiger charge is -2.22. The summed E-state index contributed by atoms with van der Waals surface area (Å²) in [6, 6.07) is -0.537. The van der Waals surface area contributed by atoms with Crippen LogP contribution in [0.25, 0.3) is 0 Å². The number of ether oxygens (including phenoxy) is 1. The van der Waals surface area contributed by atoms with Gasteiger partial charge in [0.2, 0.25) is 5.91 Å². The largest absolute Gasteiger partial charge is 0.466 e. The van der Waals surface area contributed by atoms with Crippen molar-refractivity contribution in [3.05, 3.63) is 24.3 Å². The number of aliphatic hydroxyl groups is 2. The number of aliphatic hydroxyl groups excluding tert-OH is 2. The van der Waals surface area contributed by atoms with Gasteiger partial charge in [-0.1, -0.05) is 430 Å². The van der Waals surface area contributed by atoms with Gasteiger partial charge in [0.15, 0.2) is 0 Å². The highest BCUT2D eigenvalue weighted by Crippen LogP contribution is 2.21. The first-order chi connectivity index (χ1) is 44.5. The lowest BCUT2D eigenvalue weighted by molar-refractivity contribution is -0.143. The summed E-state index contributed by atoms with van der Waals surface area (Å²) in [5, 5.41) is 23.4. The number of esters is 1. The van der Waals surface area contributed by atoms with E-state index in [1.54, 1.807) is 0 Å². The number of rotatable bonds is 79. The summed E-state index contributed by atoms with van der Waals surface area (Å²) in [4.78, 5) is 24.6. The molecule has 0 aliphatic heterocycles. The van der Waals surface area contributed by atoms with E-state index in [1.807, 2.05) is 0 Å². The maximum absolute atomic E-state index is 12.6. The number of amides is 1. The Morgan fingerprint density at radius 2 is 0.556 bits per heavy atom. The van der Waals surface area contributed by atoms with Gasteiger partial charge in [-0.2, -0.15) is 0 Å². The van der Waals surface area contributed by atoms with Gasteiger partial charge in [0.05, 0.1) is 25.4 Å². The second-order valence-corrected chi connectivity index (χ2v) is 28.8. The lowest BCUT2D eigenvalue weighted by atomic mass is 10.0. The van der Waals surface area contributed by atoms with E-state index in [9.17, 15) is 19.8 Å². The highest BCUT2D eigenvalue weighted by Gasteiger charge is 2.20. The summed E-state index contributed by atoms with van der Waals surface area (Å²) in [6.07, 6.45) is 103. The van der Waals surface area contributed by atoms with Crippen LogP contribution in [0.2, 0.25) is 0 Å². The summed E-state index contributed by atoms with van der Waals surface area (Å²) in [5.41, 5.74) is 0. The van der Waals surface area contributed by atoms with Gasteiger partial charge >= 0.3 is 5.97 Å². The van der Waals surface area contributed by atoms with Gasteiger partial charge in [-0.25, -0.2) is 0 Å². The Labute approximate surface area is 564 Å². The quantitative estimate of drug-likeness (QED) is 0.0320. The van der Waals surface area contributed by atoms with Crippen molar-refractivity contribution in [2.45, 2.75) is 488 Å². The van der Waals surface area contributed by atoms with Crippen LogP contribution in [0.4, 0.5) is 0 Å². The normalized spacial score (nSPS) is 12.5. The zero-order chi connectivity index (χ0) is 64.9. The monoisotopic (exact) mass is 1270 g/mol. The van der Waals surface area contributed by atoms with E-state index in [0.29, 0.717) is 25.9 Å². The minimum absolute atomic E-state index is 0.0109. The second-order valence-electron chi connectivity index (χ2n) is 28.8. The van der Waals surface area contributed by atoms with Crippen LogP contribution in [-0.4, -0.2) is 47.4 Å². The first kappa shape index (κ1) is 88.3. The van der Waals surface area contributed by atoms with Crippen LogP contribution >= 0.6 is 0 Å². The van der Waals surface area contributed by atoms with Gasteiger partial charge < -0.3 is 20.3 Å². The molecule has 3 N–H and O–H groups in total. The van der Waals surface area contributed by atoms with Gasteiger partial charge in [0.1, 0.15) is 0 Å². The molecule has 90 heavy (non-hydrogen) atoms. The molecule has 0 saturated carbocycles. The Kier molecular flexibility index (Phi) is 78.3. The van der Waals surface area contributed by atoms with E-state index in [4.69, 9.17) is 4.74 Å². The highest BCUT2D eigenvalue weighted by molar-refractivity contribution is 5.76. The molecule has 6 nitrogen and oxygen atoms in total. The average Bonchev–Trinajstić information content (AvgIpc) is 3.62. The fourth-order valence-electron chi connectivity index (χ4n) is 13.4. The molecule has 0 aromatic heterocycles. The van der Waals surface area contributed by atoms with Gasteiger partial charge in [-0.15, -0.1) is 0 Å². The minimum atomic E-state index is -0.660. The number of carbonyl (C=O) groups is 2. The van der Waals surface area contributed by atoms with Gasteiger partial charge in [0, 0.05) is 12.8 Å². The molecular weight excluding hydrogens is 1100 g/mol. The zero-order valence-corrected chi connectivity index (χ0v) is 61.4. The average molecular weight is 1270 g/mol. The number of allylic oxidation sites excluding steroid dienone is 4. The van der Waals surface area contributed by atoms with Crippen molar-refractivity contribution in [2.24, 2.45) is 0 Å². The van der Waals surface area contributed by atoms with Crippen molar-refractivity contribution < 1.29 is 24.5 Å². The molecule has 0 aromatic rings. The van der Waals surface area contributed by atoms with Crippen molar-refractivity contribution in [1.82, 2.24) is 5.32 Å². The van der Waals surface area contributed by atoms with Crippen LogP contribution in [0.15, 0.2) is 24.3 Å². The molecule has 0 bridgehead atoms. The topological polar surface area (TPSA) is 95.9 Å². The lowest BCUT2D eigenvalue weighted by Crippen LogP contribution is -2.45. The summed E-state index contributed by atoms with van der Waals surface area (Å²) in [5.74, 6) is -0.0128. The molecule has 0 aromatic carbocycles. The third kappa shape index (κ3) is 75.4. The summed E-state index contributed by atoms with van der Waals surface area (Å²) in [6.45, 7) is 4.97. The van der Waals surface area contributed by atoms with E-state index >= 15 is 0 Å². The van der Waals surface area contributed by atoms with E-state index in [0.717, 1.165) is 51.4 Å². The number of hydrogen-bond acceptors (Lipinski definition) is 5. The Morgan fingerprint density at radius 1 is 0.311 bits per heavy atom. The van der Waals surface area contributed by atoms with Crippen LogP contribution in [0, 0.1) is 0 Å². The maximum atomic E-state index is 12.6. The number of carbonyl (C=O) groups excluding carboxylic acids is 2. The fourth-order valence-corrected chi connectivity index (χ4v) is 13.4. The van der Waals surface area contributed by atoms with Crippen molar-refractivity contribution in [1.29, 1.82) is 0 Å². The molecule has 0 radical (unpaired) electrons. The van der Waals surface area contributed by atoms with Gasteiger partial charge in [0.25, 0.3) is 0 Å². The molecule has 0 spiro atoms. The summed E-state index contributed by atoms with van der Waals surface area (Å²) < 4.78 is 5.50. The second kappa shape index (κ2) is 79.8. The van der Waals surface area contributed by atoms with Crippen LogP contribution < -0.4 is 5.32 Å². The molecule has 0 heterocycles. The van der Waals surface area contributed by atoms with Crippen molar-refractivity contribution in [2.75, 3.05) is 13.2 Å². The third-order valence-electron chi connectivity index (χ3n) is 19.8. The minimum Gasteiger partial charge on any atom is -0.466 e. The first-order valence-electron chi connectivity index (χ1n) is 41.6. The van der Waals surface area contributed by atoms with Crippen LogP contribution in [0.5, 0.6) is 0 Å². The zero-order valence-electron chi connectivity index (χ0n) is 61.4. The standard InChI is InChI=1S/C84H163NO5/c1-3-5-7-9-11-13-15-17-19-20-42-45-49-52-56-60-64-68-72-76-82(87)81(80-86)85-83(88)77-73-69-65-61-57-53-50-46-43-40-38-36-34-32-30-28-26-24-22-21-23-25-27-29-31-33-35-37-39-41-44-47-51-55-59-63-67-71-75-79-90-84(89)78-74-70-66-62-58-54-48-18-16-14-12-10-8-6-4-2/h12,14,18,48,81-82,86-87H,3-11,13,15-17,19-47,49-80H2,1-2H3,(H,85,88)/b14-12-,48-18-. The predicted molar refractivity (Wildman–Crippen MR) is 398 cm³/mol. The summed E-state index contributed by atoms with van der Waals surface area (Å²) in [7, 11) is 0. The first-order valence-corrected chi connectivity index (χ1v) is 41.6. The van der Waals surface area contributed by atoms with Crippen LogP contribution in [-0.2, 0) is 14.3 Å². The van der Waals surface area contributed by atoms with Crippen molar-refractivity contribution >= 4 is 11.9 Å². The molecule has 0 rings (SSSR count). The molecule has 0 saturated heterocycles. The molecule has 0 fully saturated rings. The molecular formula is C84H163NO5. The highest BCUT2D eigenvalue weighted by atomic mass is 16.5. The fraction of sp³-hybridized carbons (Fsp3) is 0.929. The maximum Gasteiger partial charge on any atom is 0.305 e. The third-order valence-corrected chi connectivity index (χ3v) is 19.8. The van der Waals surface area contributed by atoms with E-state index in [2.05, 4.69) is 43.5 Å². The Morgan fingerprint density at radius 3 is 0.867 bits per heavy atom.